The van der Waals surface area contributed by atoms with Crippen LogP contribution < -0.4 is 10.1 Å². The highest BCUT2D eigenvalue weighted by Gasteiger charge is 2.20. The van der Waals surface area contributed by atoms with Gasteiger partial charge in [0.2, 0.25) is 0 Å². The van der Waals surface area contributed by atoms with E-state index in [1.807, 2.05) is 55.5 Å². The molecule has 4 aromatic rings. The van der Waals surface area contributed by atoms with Gasteiger partial charge in [0.1, 0.15) is 11.6 Å². The molecule has 1 unspecified atom stereocenters. The Morgan fingerprint density at radius 3 is 2.47 bits per heavy atom. The summed E-state index contributed by atoms with van der Waals surface area (Å²) in [7, 11) is 0. The summed E-state index contributed by atoms with van der Waals surface area (Å²) in [6.45, 7) is 3.12. The van der Waals surface area contributed by atoms with Gasteiger partial charge in [0.25, 0.3) is 5.91 Å². The quantitative estimate of drug-likeness (QED) is 0.309. The van der Waals surface area contributed by atoms with Crippen molar-refractivity contribution in [3.8, 4) is 5.75 Å². The number of benzene rings is 3. The zero-order valence-electron chi connectivity index (χ0n) is 17.6. The first kappa shape index (κ1) is 22.2. The number of nitrogens with zero attached hydrogens (tertiary/aromatic N) is 2. The molecule has 1 amide bonds. The molecule has 0 aliphatic heterocycles. The number of hydrogen-bond donors (Lipinski definition) is 1. The number of carbonyl (C=O) groups excluding carboxylic acids is 1. The topological polar surface area (TPSA) is 56.2 Å². The molecule has 1 N–H and O–H groups in total. The fourth-order valence-electron chi connectivity index (χ4n) is 3.61. The average molecular weight is 468 g/mol. The van der Waals surface area contributed by atoms with Crippen LogP contribution in [0.2, 0.25) is 10.0 Å². The van der Waals surface area contributed by atoms with Crippen LogP contribution in [0, 0.1) is 0 Å². The molecule has 0 aliphatic carbocycles. The second-order valence-corrected chi connectivity index (χ2v) is 8.23. The van der Waals surface area contributed by atoms with E-state index in [-0.39, 0.29) is 11.9 Å². The van der Waals surface area contributed by atoms with E-state index in [1.54, 1.807) is 24.3 Å². The van der Waals surface area contributed by atoms with Crippen LogP contribution >= 0.6 is 23.2 Å². The monoisotopic (exact) mass is 467 g/mol. The Morgan fingerprint density at radius 2 is 1.69 bits per heavy atom. The minimum Gasteiger partial charge on any atom is -0.492 e. The Hall–Kier alpha value is -3.02. The first-order valence-corrected chi connectivity index (χ1v) is 11.2. The Kier molecular flexibility index (Phi) is 6.98. The van der Waals surface area contributed by atoms with Crippen LogP contribution in [0.4, 0.5) is 0 Å². The molecule has 1 heterocycles. The Balaban J connectivity index is 1.50. The van der Waals surface area contributed by atoms with Crippen LogP contribution in [-0.2, 0) is 6.54 Å². The Bertz CT molecular complexity index is 1240. The molecule has 0 fully saturated rings. The lowest BCUT2D eigenvalue weighted by Crippen LogP contribution is -2.29. The molecule has 0 bridgehead atoms. The van der Waals surface area contributed by atoms with Gasteiger partial charge in [0.05, 0.1) is 39.3 Å². The molecular formula is C25H23Cl2N3O2. The molecular weight excluding hydrogens is 445 g/mol. The predicted molar refractivity (Wildman–Crippen MR) is 129 cm³/mol. The van der Waals surface area contributed by atoms with Gasteiger partial charge in [0, 0.05) is 6.54 Å². The van der Waals surface area contributed by atoms with Gasteiger partial charge in [-0.05, 0) is 49.7 Å². The predicted octanol–water partition coefficient (Wildman–Crippen LogP) is 6.30. The van der Waals surface area contributed by atoms with E-state index < -0.39 is 0 Å². The number of nitrogens with one attached hydrogen (secondary N) is 1. The maximum absolute atomic E-state index is 12.8. The molecule has 1 atom stereocenters. The lowest BCUT2D eigenvalue weighted by molar-refractivity contribution is 0.0937. The molecule has 164 valence electrons. The minimum atomic E-state index is -0.310. The van der Waals surface area contributed by atoms with Crippen molar-refractivity contribution in [3.63, 3.8) is 0 Å². The summed E-state index contributed by atoms with van der Waals surface area (Å²) >= 11 is 12.4. The molecule has 0 saturated heterocycles. The number of aromatic nitrogens is 2. The molecule has 1 aromatic heterocycles. The molecule has 3 aromatic carbocycles. The van der Waals surface area contributed by atoms with Gasteiger partial charge >= 0.3 is 0 Å². The zero-order chi connectivity index (χ0) is 22.5. The number of amides is 1. The van der Waals surface area contributed by atoms with Gasteiger partial charge in [-0.15, -0.1) is 0 Å². The minimum absolute atomic E-state index is 0.233. The fraction of sp³-hybridized carbons (Fsp3) is 0.200. The number of halogens is 2. The standard InChI is InChI=1S/C25H23Cl2N3O2/c1-17(28-25(31)18-9-2-3-10-19(18)26)24-29-21-12-5-6-13-22(21)30(24)15-8-16-32-23-14-7-4-11-20(23)27/h2-7,9-14,17H,8,15-16H2,1H3,(H,28,31). The van der Waals surface area contributed by atoms with Gasteiger partial charge in [-0.25, -0.2) is 4.98 Å². The van der Waals surface area contributed by atoms with Crippen molar-refractivity contribution in [2.24, 2.45) is 0 Å². The van der Waals surface area contributed by atoms with E-state index in [9.17, 15) is 4.79 Å². The second kappa shape index (κ2) is 10.1. The normalized spacial score (nSPS) is 12.0. The number of ether oxygens (including phenoxy) is 1. The first-order valence-electron chi connectivity index (χ1n) is 10.4. The van der Waals surface area contributed by atoms with E-state index >= 15 is 0 Å². The van der Waals surface area contributed by atoms with Crippen LogP contribution in [-0.4, -0.2) is 22.1 Å². The van der Waals surface area contributed by atoms with E-state index in [4.69, 9.17) is 32.9 Å². The molecule has 4 rings (SSSR count). The Morgan fingerprint density at radius 1 is 1.00 bits per heavy atom. The van der Waals surface area contributed by atoms with Crippen LogP contribution in [0.15, 0.2) is 72.8 Å². The molecule has 5 nitrogen and oxygen atoms in total. The summed E-state index contributed by atoms with van der Waals surface area (Å²) in [6, 6.07) is 22.1. The summed E-state index contributed by atoms with van der Waals surface area (Å²) in [6.07, 6.45) is 0.754. The number of hydrogen-bond acceptors (Lipinski definition) is 3. The number of imidazole rings is 1. The van der Waals surface area contributed by atoms with Crippen LogP contribution in [0.5, 0.6) is 5.75 Å². The molecule has 0 aliphatic rings. The van der Waals surface area contributed by atoms with Gasteiger partial charge < -0.3 is 14.6 Å². The van der Waals surface area contributed by atoms with Crippen molar-refractivity contribution in [1.82, 2.24) is 14.9 Å². The molecule has 0 saturated carbocycles. The molecule has 7 heteroatoms. The summed E-state index contributed by atoms with van der Waals surface area (Å²) in [5.41, 5.74) is 2.34. The van der Waals surface area contributed by atoms with Gasteiger partial charge in [-0.3, -0.25) is 4.79 Å². The lowest BCUT2D eigenvalue weighted by atomic mass is 10.2. The smallest absolute Gasteiger partial charge is 0.253 e. The highest BCUT2D eigenvalue weighted by atomic mass is 35.5. The Labute approximate surface area is 196 Å². The van der Waals surface area contributed by atoms with Gasteiger partial charge in [0.15, 0.2) is 0 Å². The van der Waals surface area contributed by atoms with E-state index in [2.05, 4.69) is 9.88 Å². The van der Waals surface area contributed by atoms with Crippen molar-refractivity contribution >= 4 is 40.1 Å². The van der Waals surface area contributed by atoms with Crippen molar-refractivity contribution in [3.05, 3.63) is 94.2 Å². The highest BCUT2D eigenvalue weighted by Crippen LogP contribution is 2.25. The van der Waals surface area contributed by atoms with Crippen molar-refractivity contribution in [2.75, 3.05) is 6.61 Å². The highest BCUT2D eigenvalue weighted by molar-refractivity contribution is 6.33. The van der Waals surface area contributed by atoms with Gasteiger partial charge in [-0.2, -0.15) is 0 Å². The summed E-state index contributed by atoms with van der Waals surface area (Å²) in [4.78, 5) is 17.5. The van der Waals surface area contributed by atoms with Crippen molar-refractivity contribution in [1.29, 1.82) is 0 Å². The number of carbonyl (C=O) groups is 1. The van der Waals surface area contributed by atoms with Crippen LogP contribution in [0.25, 0.3) is 11.0 Å². The number of rotatable bonds is 8. The third-order valence-electron chi connectivity index (χ3n) is 5.16. The maximum atomic E-state index is 12.8. The van der Waals surface area contributed by atoms with Crippen LogP contribution in [0.1, 0.15) is 35.6 Å². The third-order valence-corrected chi connectivity index (χ3v) is 5.80. The van der Waals surface area contributed by atoms with E-state index in [0.29, 0.717) is 34.5 Å². The average Bonchev–Trinajstić information content (AvgIpc) is 3.17. The zero-order valence-corrected chi connectivity index (χ0v) is 19.1. The number of para-hydroxylation sites is 3. The lowest BCUT2D eigenvalue weighted by Gasteiger charge is -2.17. The molecule has 0 radical (unpaired) electrons. The largest absolute Gasteiger partial charge is 0.492 e. The van der Waals surface area contributed by atoms with Crippen molar-refractivity contribution < 1.29 is 9.53 Å². The van der Waals surface area contributed by atoms with Gasteiger partial charge in [-0.1, -0.05) is 59.6 Å². The van der Waals surface area contributed by atoms with Crippen LogP contribution in [0.3, 0.4) is 0 Å². The number of fused-ring (bicyclic) bond motifs is 1. The number of aryl methyl sites for hydroxylation is 1. The van der Waals surface area contributed by atoms with E-state index in [0.717, 1.165) is 23.3 Å². The SMILES string of the molecule is CC(NC(=O)c1ccccc1Cl)c1nc2ccccc2n1CCCOc1ccccc1Cl. The van der Waals surface area contributed by atoms with E-state index in [1.165, 1.54) is 0 Å². The maximum Gasteiger partial charge on any atom is 0.253 e. The summed E-state index contributed by atoms with van der Waals surface area (Å²) in [5.74, 6) is 1.22. The summed E-state index contributed by atoms with van der Waals surface area (Å²) < 4.78 is 7.96. The molecule has 0 spiro atoms. The second-order valence-electron chi connectivity index (χ2n) is 7.42. The third kappa shape index (κ3) is 4.90. The summed E-state index contributed by atoms with van der Waals surface area (Å²) in [5, 5.41) is 4.04. The fourth-order valence-corrected chi connectivity index (χ4v) is 4.02. The first-order chi connectivity index (χ1) is 15.5. The molecule has 32 heavy (non-hydrogen) atoms. The van der Waals surface area contributed by atoms with Crippen molar-refractivity contribution in [2.45, 2.75) is 25.9 Å².